The van der Waals surface area contributed by atoms with E-state index in [0.717, 1.165) is 36.2 Å². The summed E-state index contributed by atoms with van der Waals surface area (Å²) in [5.41, 5.74) is -2.14. The van der Waals surface area contributed by atoms with Gasteiger partial charge in [-0.1, -0.05) is 46.5 Å². The predicted octanol–water partition coefficient (Wildman–Crippen LogP) is 6.92. The number of carbonyl (C=O) groups is 4. The molecular formula is C34H25Cl3F6N6O5. The lowest BCUT2D eigenvalue weighted by molar-refractivity contribution is -0.143. The second-order valence-electron chi connectivity index (χ2n) is 13.3. The first-order chi connectivity index (χ1) is 25.2. The molecule has 2 aliphatic carbocycles. The van der Waals surface area contributed by atoms with Crippen molar-refractivity contribution in [1.29, 1.82) is 0 Å². The van der Waals surface area contributed by atoms with Crippen LogP contribution in [0.3, 0.4) is 0 Å². The topological polar surface area (TPSA) is 127 Å². The second-order valence-corrected chi connectivity index (χ2v) is 14.5. The van der Waals surface area contributed by atoms with Gasteiger partial charge in [0.25, 0.3) is 23.6 Å². The minimum absolute atomic E-state index is 0.0695. The first kappa shape index (κ1) is 37.7. The number of alkyl halides is 6. The van der Waals surface area contributed by atoms with Crippen molar-refractivity contribution in [2.45, 2.75) is 31.1 Å². The minimum atomic E-state index is -4.89. The molecule has 0 bridgehead atoms. The van der Waals surface area contributed by atoms with Crippen molar-refractivity contribution in [3.05, 3.63) is 86.1 Å². The molecule has 2 saturated heterocycles. The quantitative estimate of drug-likeness (QED) is 0.166. The highest BCUT2D eigenvalue weighted by molar-refractivity contribution is 6.33. The van der Waals surface area contributed by atoms with Crippen LogP contribution in [-0.2, 0) is 31.5 Å². The lowest BCUT2D eigenvalue weighted by atomic mass is 9.57. The maximum atomic E-state index is 14.4. The number of hydrogen-bond donors (Lipinski definition) is 1. The van der Waals surface area contributed by atoms with Gasteiger partial charge in [-0.25, -0.2) is 9.97 Å². The molecule has 7 rings (SSSR count). The van der Waals surface area contributed by atoms with Crippen LogP contribution in [0.2, 0.25) is 15.1 Å². The number of pyridine rings is 2. The molecular weight excluding hydrogens is 793 g/mol. The fourth-order valence-corrected chi connectivity index (χ4v) is 8.73. The minimum Gasteiger partial charge on any atom is -0.508 e. The standard InChI is InChI=1S/C34H25Cl3F6N6O5/c1-46(27-19(36)6-9-22(44-27)33(38,39)40)48-29(51)15-5-4-14-16(25(15)31(48)53)12-18-26(24(14)17-11-13(35)3-8-21(17)50)32(54)49(30(18)52)47(2)28-20(37)7-10-23(45-28)34(41,42)43/h3-4,6-11,15-16,18,24-26,50H,5,12H2,1-2H3. The number of anilines is 2. The maximum absolute atomic E-state index is 14.4. The van der Waals surface area contributed by atoms with Gasteiger partial charge >= 0.3 is 12.4 Å². The number of hydrogen-bond acceptors (Lipinski definition) is 9. The average Bonchev–Trinajstić information content (AvgIpc) is 3.50. The number of nitrogens with zero attached hydrogens (tertiary/aromatic N) is 6. The summed E-state index contributed by atoms with van der Waals surface area (Å²) in [6.45, 7) is 0. The molecule has 6 atom stereocenters. The van der Waals surface area contributed by atoms with Gasteiger partial charge in [0.05, 0.1) is 33.7 Å². The van der Waals surface area contributed by atoms with Gasteiger partial charge < -0.3 is 5.11 Å². The van der Waals surface area contributed by atoms with E-state index >= 15 is 0 Å². The smallest absolute Gasteiger partial charge is 0.433 e. The Kier molecular flexibility index (Phi) is 9.08. The van der Waals surface area contributed by atoms with Crippen LogP contribution in [0.4, 0.5) is 38.0 Å². The third-order valence-corrected chi connectivity index (χ3v) is 11.2. The molecule has 4 amide bonds. The van der Waals surface area contributed by atoms with Crippen LogP contribution < -0.4 is 10.0 Å². The highest BCUT2D eigenvalue weighted by Gasteiger charge is 2.63. The summed E-state index contributed by atoms with van der Waals surface area (Å²) in [6.07, 6.45) is -8.40. The number of hydrazine groups is 2. The van der Waals surface area contributed by atoms with E-state index in [9.17, 15) is 50.6 Å². The molecule has 1 N–H and O–H groups in total. The van der Waals surface area contributed by atoms with Crippen molar-refractivity contribution in [2.24, 2.45) is 29.6 Å². The van der Waals surface area contributed by atoms with Crippen LogP contribution in [0.15, 0.2) is 54.1 Å². The van der Waals surface area contributed by atoms with E-state index in [1.807, 2.05) is 0 Å². The number of aromatic hydroxyl groups is 1. The van der Waals surface area contributed by atoms with Gasteiger partial charge in [-0.2, -0.15) is 36.4 Å². The van der Waals surface area contributed by atoms with Crippen molar-refractivity contribution in [1.82, 2.24) is 20.0 Å². The van der Waals surface area contributed by atoms with Crippen molar-refractivity contribution >= 4 is 70.1 Å². The Bertz CT molecular complexity index is 2170. The fraction of sp³-hybridized carbons (Fsp3) is 0.353. The number of benzene rings is 1. The predicted molar refractivity (Wildman–Crippen MR) is 180 cm³/mol. The summed E-state index contributed by atoms with van der Waals surface area (Å²) in [7, 11) is 2.29. The van der Waals surface area contributed by atoms with Crippen LogP contribution in [0, 0.1) is 29.6 Å². The third-order valence-electron chi connectivity index (χ3n) is 10.4. The molecule has 4 aliphatic rings. The molecule has 3 aromatic rings. The van der Waals surface area contributed by atoms with Gasteiger partial charge in [0.15, 0.2) is 11.6 Å². The summed E-state index contributed by atoms with van der Waals surface area (Å²) in [5, 5.41) is 13.6. The largest absolute Gasteiger partial charge is 0.508 e. The average molecular weight is 818 g/mol. The molecule has 0 spiro atoms. The number of amides is 4. The Balaban J connectivity index is 1.30. The van der Waals surface area contributed by atoms with E-state index in [4.69, 9.17) is 34.8 Å². The number of allylic oxidation sites excluding steroid dienone is 2. The number of imide groups is 2. The lowest BCUT2D eigenvalue weighted by Crippen LogP contribution is -2.46. The molecule has 3 fully saturated rings. The van der Waals surface area contributed by atoms with Crippen LogP contribution in [-0.4, -0.2) is 62.8 Å². The van der Waals surface area contributed by atoms with Gasteiger partial charge in [0.2, 0.25) is 0 Å². The van der Waals surface area contributed by atoms with Gasteiger partial charge in [0.1, 0.15) is 17.1 Å². The first-order valence-corrected chi connectivity index (χ1v) is 17.2. The zero-order valence-corrected chi connectivity index (χ0v) is 29.9. The number of aromatic nitrogens is 2. The Morgan fingerprint density at radius 1 is 0.704 bits per heavy atom. The van der Waals surface area contributed by atoms with Gasteiger partial charge in [-0.3, -0.25) is 29.2 Å². The normalized spacial score (nSPS) is 25.4. The van der Waals surface area contributed by atoms with Gasteiger partial charge in [-0.15, -0.1) is 0 Å². The van der Waals surface area contributed by atoms with E-state index in [1.165, 1.54) is 18.2 Å². The fourth-order valence-electron chi connectivity index (χ4n) is 8.09. The molecule has 4 heterocycles. The molecule has 6 unspecified atom stereocenters. The Labute approximate surface area is 316 Å². The van der Waals surface area contributed by atoms with Crippen molar-refractivity contribution < 1.29 is 50.6 Å². The summed E-state index contributed by atoms with van der Waals surface area (Å²) in [4.78, 5) is 64.0. The van der Waals surface area contributed by atoms with Crippen LogP contribution >= 0.6 is 34.8 Å². The number of phenols is 1. The summed E-state index contributed by atoms with van der Waals surface area (Å²) in [5.74, 6) is -11.6. The Morgan fingerprint density at radius 3 is 1.72 bits per heavy atom. The van der Waals surface area contributed by atoms with E-state index in [0.29, 0.717) is 27.7 Å². The number of phenolic OH excluding ortho intramolecular Hbond substituents is 1. The molecule has 284 valence electrons. The van der Waals surface area contributed by atoms with Crippen LogP contribution in [0.25, 0.3) is 0 Å². The highest BCUT2D eigenvalue weighted by Crippen LogP contribution is 2.59. The first-order valence-electron chi connectivity index (χ1n) is 16.1. The molecule has 2 aliphatic heterocycles. The van der Waals surface area contributed by atoms with E-state index in [2.05, 4.69) is 9.97 Å². The zero-order chi connectivity index (χ0) is 39.3. The summed E-state index contributed by atoms with van der Waals surface area (Å²) in [6, 6.07) is 7.16. The monoisotopic (exact) mass is 816 g/mol. The summed E-state index contributed by atoms with van der Waals surface area (Å²) < 4.78 is 81.5. The number of carbonyl (C=O) groups excluding carboxylic acids is 4. The molecule has 11 nitrogen and oxygen atoms in total. The van der Waals surface area contributed by atoms with Gasteiger partial charge in [-0.05, 0) is 61.2 Å². The lowest BCUT2D eigenvalue weighted by Gasteiger charge is -2.44. The summed E-state index contributed by atoms with van der Waals surface area (Å²) >= 11 is 18.7. The van der Waals surface area contributed by atoms with Crippen molar-refractivity contribution in [3.8, 4) is 5.75 Å². The third kappa shape index (κ3) is 5.91. The Hall–Kier alpha value is -4.61. The number of halogens is 9. The Morgan fingerprint density at radius 2 is 1.20 bits per heavy atom. The van der Waals surface area contributed by atoms with E-state index in [1.54, 1.807) is 6.08 Å². The highest BCUT2D eigenvalue weighted by atomic mass is 35.5. The molecule has 2 aromatic heterocycles. The van der Waals surface area contributed by atoms with Crippen molar-refractivity contribution in [3.63, 3.8) is 0 Å². The van der Waals surface area contributed by atoms with Crippen molar-refractivity contribution in [2.75, 3.05) is 24.1 Å². The molecule has 54 heavy (non-hydrogen) atoms. The van der Waals surface area contributed by atoms with Crippen LogP contribution in [0.1, 0.15) is 35.7 Å². The molecule has 20 heteroatoms. The zero-order valence-electron chi connectivity index (χ0n) is 27.7. The van der Waals surface area contributed by atoms with E-state index < -0.39 is 94.5 Å². The molecule has 1 saturated carbocycles. The van der Waals surface area contributed by atoms with E-state index in [-0.39, 0.29) is 39.2 Å². The molecule has 0 radical (unpaired) electrons. The molecule has 1 aromatic carbocycles. The van der Waals surface area contributed by atoms with Crippen LogP contribution in [0.5, 0.6) is 5.75 Å². The number of rotatable bonds is 5. The second kappa shape index (κ2) is 13.0. The van der Waals surface area contributed by atoms with Gasteiger partial charge in [0, 0.05) is 30.6 Å². The maximum Gasteiger partial charge on any atom is 0.433 e. The SMILES string of the molecule is CN(c1nc(C(F)(F)F)ccc1Cl)N1C(=O)C2CC=C3C(CC4C(=O)N(N(C)c5nc(C(F)(F)F)ccc5Cl)C(=O)C4C3c3cc(Cl)ccc3O)C2C1=O. The number of fused-ring (bicyclic) bond motifs is 4.